The summed E-state index contributed by atoms with van der Waals surface area (Å²) in [6, 6.07) is 9.36. The fourth-order valence-electron chi connectivity index (χ4n) is 3.78. The number of carbonyl (C=O) groups excluding carboxylic acids is 1. The lowest BCUT2D eigenvalue weighted by Gasteiger charge is -2.34. The number of halogens is 2. The maximum absolute atomic E-state index is 13.1. The molecule has 10 heteroatoms. The van der Waals surface area contributed by atoms with Gasteiger partial charge in [0, 0.05) is 18.2 Å². The number of nitrogens with one attached hydrogen (secondary N) is 1. The van der Waals surface area contributed by atoms with Crippen LogP contribution in [0.4, 0.5) is 5.13 Å². The van der Waals surface area contributed by atoms with Crippen LogP contribution >= 0.6 is 34.5 Å². The Bertz CT molecular complexity index is 1190. The Morgan fingerprint density at radius 2 is 1.87 bits per heavy atom. The first-order chi connectivity index (χ1) is 14.8. The first-order valence-electron chi connectivity index (χ1n) is 9.99. The summed E-state index contributed by atoms with van der Waals surface area (Å²) in [4.78, 5) is 17.2. The van der Waals surface area contributed by atoms with Gasteiger partial charge in [-0.25, -0.2) is 13.4 Å². The Kier molecular flexibility index (Phi) is 6.55. The predicted molar refractivity (Wildman–Crippen MR) is 126 cm³/mol. The average molecular weight is 498 g/mol. The first kappa shape index (κ1) is 22.5. The van der Waals surface area contributed by atoms with Crippen LogP contribution in [-0.4, -0.2) is 36.2 Å². The molecule has 1 N–H and O–H groups in total. The maximum atomic E-state index is 13.1. The van der Waals surface area contributed by atoms with Crippen LogP contribution in [0.1, 0.15) is 43.0 Å². The van der Waals surface area contributed by atoms with Crippen molar-refractivity contribution >= 4 is 65.8 Å². The molecule has 4 rings (SSSR count). The number of benzene rings is 2. The van der Waals surface area contributed by atoms with Gasteiger partial charge in [0.1, 0.15) is 5.52 Å². The molecule has 2 aromatic carbocycles. The number of anilines is 1. The summed E-state index contributed by atoms with van der Waals surface area (Å²) in [5, 5.41) is 4.06. The fraction of sp³-hybridized carbons (Fsp3) is 0.333. The molecule has 31 heavy (non-hydrogen) atoms. The molecule has 6 nitrogen and oxygen atoms in total. The van der Waals surface area contributed by atoms with E-state index in [0.29, 0.717) is 37.5 Å². The second-order valence-electron chi connectivity index (χ2n) is 7.38. The highest BCUT2D eigenvalue weighted by atomic mass is 35.5. The van der Waals surface area contributed by atoms with E-state index < -0.39 is 10.0 Å². The Labute approximate surface area is 195 Å². The molecular weight excluding hydrogens is 477 g/mol. The van der Waals surface area contributed by atoms with Gasteiger partial charge >= 0.3 is 0 Å². The van der Waals surface area contributed by atoms with Crippen LogP contribution in [0.3, 0.4) is 0 Å². The van der Waals surface area contributed by atoms with Crippen molar-refractivity contribution in [3.63, 3.8) is 0 Å². The van der Waals surface area contributed by atoms with Crippen molar-refractivity contribution < 1.29 is 13.2 Å². The Morgan fingerprint density at radius 3 is 2.55 bits per heavy atom. The molecule has 1 unspecified atom stereocenters. The van der Waals surface area contributed by atoms with E-state index in [9.17, 15) is 13.2 Å². The maximum Gasteiger partial charge on any atom is 0.257 e. The normalized spacial score (nSPS) is 17.7. The number of sulfonamides is 1. The molecule has 0 spiro atoms. The lowest BCUT2D eigenvalue weighted by molar-refractivity contribution is 0.102. The summed E-state index contributed by atoms with van der Waals surface area (Å²) in [6.07, 6.45) is 3.58. The van der Waals surface area contributed by atoms with Crippen LogP contribution in [0.15, 0.2) is 41.3 Å². The van der Waals surface area contributed by atoms with Crippen molar-refractivity contribution in [1.82, 2.24) is 9.29 Å². The van der Waals surface area contributed by atoms with Crippen molar-refractivity contribution in [3.8, 4) is 0 Å². The number of nitrogens with zero attached hydrogens (tertiary/aromatic N) is 2. The molecule has 0 saturated carbocycles. The average Bonchev–Trinajstić information content (AvgIpc) is 3.21. The molecule has 1 atom stereocenters. The third kappa shape index (κ3) is 4.45. The van der Waals surface area contributed by atoms with Gasteiger partial charge in [-0.2, -0.15) is 4.31 Å². The van der Waals surface area contributed by atoms with Crippen LogP contribution in [0.2, 0.25) is 10.0 Å². The lowest BCUT2D eigenvalue weighted by Crippen LogP contribution is -2.43. The van der Waals surface area contributed by atoms with E-state index in [4.69, 9.17) is 23.2 Å². The van der Waals surface area contributed by atoms with Crippen LogP contribution in [0, 0.1) is 0 Å². The van der Waals surface area contributed by atoms with E-state index in [-0.39, 0.29) is 16.8 Å². The van der Waals surface area contributed by atoms with Gasteiger partial charge < -0.3 is 0 Å². The van der Waals surface area contributed by atoms with Gasteiger partial charge in [-0.1, -0.05) is 47.9 Å². The number of thiazole rings is 1. The van der Waals surface area contributed by atoms with Crippen LogP contribution in [-0.2, 0) is 10.0 Å². The van der Waals surface area contributed by atoms with Gasteiger partial charge in [0.15, 0.2) is 5.13 Å². The SMILES string of the molecule is CCC1CCCCN1S(=O)(=O)c1ccc(C(=O)Nc2nc3c(Cl)ccc(Cl)c3s2)cc1. The smallest absolute Gasteiger partial charge is 0.257 e. The molecule has 1 saturated heterocycles. The zero-order valence-electron chi connectivity index (χ0n) is 16.8. The number of hydrogen-bond acceptors (Lipinski definition) is 5. The number of amides is 1. The topological polar surface area (TPSA) is 79.4 Å². The highest BCUT2D eigenvalue weighted by molar-refractivity contribution is 7.89. The standard InChI is InChI=1S/C21H21Cl2N3O3S2/c1-2-14-5-3-4-12-26(14)31(28,29)15-8-6-13(7-9-15)20(27)25-21-24-18-16(22)10-11-17(23)19(18)30-21/h6-11,14H,2-5,12H2,1H3,(H,24,25,27). The van der Waals surface area contributed by atoms with Crippen molar-refractivity contribution in [2.24, 2.45) is 0 Å². The van der Waals surface area contributed by atoms with Gasteiger partial charge in [-0.15, -0.1) is 0 Å². The number of aromatic nitrogens is 1. The summed E-state index contributed by atoms with van der Waals surface area (Å²) in [5.41, 5.74) is 0.865. The first-order valence-corrected chi connectivity index (χ1v) is 13.0. The van der Waals surface area contributed by atoms with Crippen molar-refractivity contribution in [1.29, 1.82) is 0 Å². The molecule has 2 heterocycles. The van der Waals surface area contributed by atoms with E-state index in [1.54, 1.807) is 16.4 Å². The number of fused-ring (bicyclic) bond motifs is 1. The number of rotatable bonds is 5. The van der Waals surface area contributed by atoms with Gasteiger partial charge in [0.2, 0.25) is 10.0 Å². The number of carbonyl (C=O) groups is 1. The van der Waals surface area contributed by atoms with Crippen LogP contribution in [0.5, 0.6) is 0 Å². The van der Waals surface area contributed by atoms with Gasteiger partial charge in [-0.05, 0) is 55.7 Å². The van der Waals surface area contributed by atoms with Gasteiger partial charge in [0.05, 0.1) is 19.6 Å². The summed E-state index contributed by atoms with van der Waals surface area (Å²) in [5.74, 6) is -0.389. The van der Waals surface area contributed by atoms with E-state index in [1.165, 1.54) is 35.6 Å². The van der Waals surface area contributed by atoms with Crippen molar-refractivity contribution in [2.45, 2.75) is 43.5 Å². The minimum Gasteiger partial charge on any atom is -0.298 e. The second kappa shape index (κ2) is 9.03. The molecule has 1 amide bonds. The summed E-state index contributed by atoms with van der Waals surface area (Å²) < 4.78 is 28.5. The zero-order valence-corrected chi connectivity index (χ0v) is 19.9. The molecule has 3 aromatic rings. The van der Waals surface area contributed by atoms with Crippen LogP contribution in [0.25, 0.3) is 10.2 Å². The van der Waals surface area contributed by atoms with E-state index >= 15 is 0 Å². The molecule has 0 radical (unpaired) electrons. The monoisotopic (exact) mass is 497 g/mol. The second-order valence-corrected chi connectivity index (χ2v) is 11.1. The quantitative estimate of drug-likeness (QED) is 0.482. The van der Waals surface area contributed by atoms with Gasteiger partial charge in [-0.3, -0.25) is 10.1 Å². The molecule has 1 aromatic heterocycles. The zero-order chi connectivity index (χ0) is 22.2. The summed E-state index contributed by atoms with van der Waals surface area (Å²) in [7, 11) is -3.59. The van der Waals surface area contributed by atoms with Crippen LogP contribution < -0.4 is 5.32 Å². The van der Waals surface area contributed by atoms with Crippen molar-refractivity contribution in [2.75, 3.05) is 11.9 Å². The predicted octanol–water partition coefficient (Wildman–Crippen LogP) is 5.81. The largest absolute Gasteiger partial charge is 0.298 e. The van der Waals surface area contributed by atoms with Gasteiger partial charge in [0.25, 0.3) is 5.91 Å². The highest BCUT2D eigenvalue weighted by Crippen LogP contribution is 2.36. The molecule has 1 aliphatic rings. The molecular formula is C21H21Cl2N3O3S2. The fourth-order valence-corrected chi connectivity index (χ4v) is 6.96. The lowest BCUT2D eigenvalue weighted by atomic mass is 10.0. The molecule has 0 bridgehead atoms. The highest BCUT2D eigenvalue weighted by Gasteiger charge is 2.32. The Hall–Kier alpha value is -1.71. The summed E-state index contributed by atoms with van der Waals surface area (Å²) in [6.45, 7) is 2.54. The molecule has 0 aliphatic carbocycles. The Balaban J connectivity index is 1.53. The molecule has 1 fully saturated rings. The number of hydrogen-bond donors (Lipinski definition) is 1. The number of piperidine rings is 1. The van der Waals surface area contributed by atoms with E-state index in [1.807, 2.05) is 6.92 Å². The Morgan fingerprint density at radius 1 is 1.16 bits per heavy atom. The van der Waals surface area contributed by atoms with Crippen molar-refractivity contribution in [3.05, 3.63) is 52.0 Å². The third-order valence-electron chi connectivity index (χ3n) is 5.43. The molecule has 1 aliphatic heterocycles. The van der Waals surface area contributed by atoms with E-state index in [2.05, 4.69) is 10.3 Å². The minimum atomic E-state index is -3.59. The minimum absolute atomic E-state index is 0.0272. The molecule has 164 valence electrons. The van der Waals surface area contributed by atoms with E-state index in [0.717, 1.165) is 25.7 Å². The summed E-state index contributed by atoms with van der Waals surface area (Å²) >= 11 is 13.6. The third-order valence-corrected chi connectivity index (χ3v) is 9.14.